The van der Waals surface area contributed by atoms with E-state index in [0.717, 1.165) is 17.7 Å². The Bertz CT molecular complexity index is 354. The monoisotopic (exact) mass is 265 g/mol. The predicted octanol–water partition coefficient (Wildman–Crippen LogP) is 2.90. The molecule has 0 saturated carbocycles. The highest BCUT2D eigenvalue weighted by Gasteiger charge is 2.08. The van der Waals surface area contributed by atoms with Crippen molar-refractivity contribution in [1.29, 1.82) is 0 Å². The van der Waals surface area contributed by atoms with Gasteiger partial charge in [-0.05, 0) is 31.9 Å². The third-order valence-electron chi connectivity index (χ3n) is 3.22. The van der Waals surface area contributed by atoms with Gasteiger partial charge in [0.1, 0.15) is 18.5 Å². The number of hydrogen-bond donors (Lipinski definition) is 2. The second-order valence-electron chi connectivity index (χ2n) is 5.18. The Balaban J connectivity index is 2.21. The molecule has 0 heterocycles. The molecule has 0 radical (unpaired) electrons. The van der Waals surface area contributed by atoms with Gasteiger partial charge in [0.05, 0.1) is 0 Å². The lowest BCUT2D eigenvalue weighted by Crippen LogP contribution is -2.36. The number of para-hydroxylation sites is 1. The summed E-state index contributed by atoms with van der Waals surface area (Å²) in [4.78, 5) is 0. The molecule has 0 aliphatic carbocycles. The Morgan fingerprint density at radius 2 is 2.05 bits per heavy atom. The second kappa shape index (κ2) is 8.94. The first kappa shape index (κ1) is 16.0. The van der Waals surface area contributed by atoms with E-state index in [2.05, 4.69) is 19.2 Å². The van der Waals surface area contributed by atoms with E-state index in [9.17, 15) is 5.11 Å². The van der Waals surface area contributed by atoms with Crippen molar-refractivity contribution in [3.63, 3.8) is 0 Å². The van der Waals surface area contributed by atoms with Gasteiger partial charge >= 0.3 is 0 Å². The number of benzene rings is 1. The summed E-state index contributed by atoms with van der Waals surface area (Å²) in [6, 6.07) is 8.31. The van der Waals surface area contributed by atoms with Gasteiger partial charge in [-0.1, -0.05) is 38.0 Å². The Morgan fingerprint density at radius 3 is 2.74 bits per heavy atom. The number of aliphatic hydroxyl groups is 1. The van der Waals surface area contributed by atoms with Gasteiger partial charge in [0.15, 0.2) is 0 Å². The summed E-state index contributed by atoms with van der Waals surface area (Å²) in [5.41, 5.74) is 1.10. The SMILES string of the molecule is CCCCC(C)NCC(O)COc1ccccc1C. The summed E-state index contributed by atoms with van der Waals surface area (Å²) >= 11 is 0. The van der Waals surface area contributed by atoms with E-state index in [4.69, 9.17) is 4.74 Å². The van der Waals surface area contributed by atoms with Gasteiger partial charge in [0.2, 0.25) is 0 Å². The molecule has 0 aliphatic heterocycles. The molecule has 0 amide bonds. The third-order valence-corrected chi connectivity index (χ3v) is 3.22. The zero-order chi connectivity index (χ0) is 14.1. The number of rotatable bonds is 9. The molecule has 1 aromatic carbocycles. The van der Waals surface area contributed by atoms with Crippen LogP contribution in [0.1, 0.15) is 38.7 Å². The molecule has 0 aromatic heterocycles. The van der Waals surface area contributed by atoms with Gasteiger partial charge < -0.3 is 15.2 Å². The van der Waals surface area contributed by atoms with Crippen LogP contribution >= 0.6 is 0 Å². The molecule has 2 unspecified atom stereocenters. The summed E-state index contributed by atoms with van der Waals surface area (Å²) in [5.74, 6) is 0.848. The van der Waals surface area contributed by atoms with Crippen LogP contribution in [0.2, 0.25) is 0 Å². The fraction of sp³-hybridized carbons (Fsp3) is 0.625. The Labute approximate surface area is 117 Å². The van der Waals surface area contributed by atoms with Crippen LogP contribution < -0.4 is 10.1 Å². The molecule has 0 bridgehead atoms. The number of aryl methyl sites for hydroxylation is 1. The molecule has 3 heteroatoms. The number of nitrogens with one attached hydrogen (secondary N) is 1. The molecule has 2 N–H and O–H groups in total. The summed E-state index contributed by atoms with van der Waals surface area (Å²) < 4.78 is 5.62. The van der Waals surface area contributed by atoms with Crippen molar-refractivity contribution in [2.24, 2.45) is 0 Å². The molecule has 0 aliphatic rings. The van der Waals surface area contributed by atoms with Gasteiger partial charge in [-0.3, -0.25) is 0 Å². The van der Waals surface area contributed by atoms with Crippen molar-refractivity contribution in [3.8, 4) is 5.75 Å². The van der Waals surface area contributed by atoms with E-state index in [1.807, 2.05) is 31.2 Å². The fourth-order valence-corrected chi connectivity index (χ4v) is 1.91. The minimum absolute atomic E-state index is 0.332. The zero-order valence-corrected chi connectivity index (χ0v) is 12.4. The Morgan fingerprint density at radius 1 is 1.32 bits per heavy atom. The number of aliphatic hydroxyl groups excluding tert-OH is 1. The molecule has 0 fully saturated rings. The lowest BCUT2D eigenvalue weighted by atomic mass is 10.1. The maximum absolute atomic E-state index is 9.89. The molecule has 0 saturated heterocycles. The molecular formula is C16H27NO2. The van der Waals surface area contributed by atoms with Crippen molar-refractivity contribution in [3.05, 3.63) is 29.8 Å². The molecule has 2 atom stereocenters. The number of unbranched alkanes of at least 4 members (excludes halogenated alkanes) is 1. The highest BCUT2D eigenvalue weighted by atomic mass is 16.5. The maximum atomic E-state index is 9.89. The second-order valence-corrected chi connectivity index (χ2v) is 5.18. The van der Waals surface area contributed by atoms with Gasteiger partial charge in [0, 0.05) is 12.6 Å². The van der Waals surface area contributed by atoms with Crippen molar-refractivity contribution in [1.82, 2.24) is 5.32 Å². The average Bonchev–Trinajstić information content (AvgIpc) is 2.42. The minimum Gasteiger partial charge on any atom is -0.491 e. The van der Waals surface area contributed by atoms with Crippen LogP contribution in [-0.2, 0) is 0 Å². The summed E-state index contributed by atoms with van der Waals surface area (Å²) in [6.07, 6.45) is 3.13. The Hall–Kier alpha value is -1.06. The van der Waals surface area contributed by atoms with Gasteiger partial charge in [0.25, 0.3) is 0 Å². The molecule has 0 spiro atoms. The van der Waals surface area contributed by atoms with E-state index in [-0.39, 0.29) is 0 Å². The lowest BCUT2D eigenvalue weighted by molar-refractivity contribution is 0.103. The van der Waals surface area contributed by atoms with Crippen LogP contribution in [0.15, 0.2) is 24.3 Å². The van der Waals surface area contributed by atoms with E-state index < -0.39 is 6.10 Å². The highest BCUT2D eigenvalue weighted by molar-refractivity contribution is 5.31. The van der Waals surface area contributed by atoms with Gasteiger partial charge in [-0.25, -0.2) is 0 Å². The smallest absolute Gasteiger partial charge is 0.122 e. The first-order chi connectivity index (χ1) is 9.13. The first-order valence-corrected chi connectivity index (χ1v) is 7.23. The third kappa shape index (κ3) is 6.60. The van der Waals surface area contributed by atoms with Crippen molar-refractivity contribution in [2.45, 2.75) is 52.2 Å². The molecule has 1 aromatic rings. The van der Waals surface area contributed by atoms with E-state index in [1.54, 1.807) is 0 Å². The zero-order valence-electron chi connectivity index (χ0n) is 12.4. The van der Waals surface area contributed by atoms with Crippen LogP contribution in [0.5, 0.6) is 5.75 Å². The lowest BCUT2D eigenvalue weighted by Gasteiger charge is -2.18. The van der Waals surface area contributed by atoms with Gasteiger partial charge in [-0.15, -0.1) is 0 Å². The van der Waals surface area contributed by atoms with Crippen molar-refractivity contribution in [2.75, 3.05) is 13.2 Å². The molecule has 1 rings (SSSR count). The van der Waals surface area contributed by atoms with Crippen LogP contribution in [0, 0.1) is 6.92 Å². The fourth-order valence-electron chi connectivity index (χ4n) is 1.91. The first-order valence-electron chi connectivity index (χ1n) is 7.23. The largest absolute Gasteiger partial charge is 0.491 e. The van der Waals surface area contributed by atoms with Crippen LogP contribution in [-0.4, -0.2) is 30.4 Å². The van der Waals surface area contributed by atoms with Crippen LogP contribution in [0.4, 0.5) is 0 Å². The minimum atomic E-state index is -0.469. The number of hydrogen-bond acceptors (Lipinski definition) is 3. The van der Waals surface area contributed by atoms with E-state index in [1.165, 1.54) is 12.8 Å². The normalized spacial score (nSPS) is 14.1. The molecule has 108 valence electrons. The summed E-state index contributed by atoms with van der Waals surface area (Å²) in [6.45, 7) is 7.27. The predicted molar refractivity (Wildman–Crippen MR) is 79.7 cm³/mol. The van der Waals surface area contributed by atoms with E-state index in [0.29, 0.717) is 19.2 Å². The topological polar surface area (TPSA) is 41.5 Å². The van der Waals surface area contributed by atoms with Gasteiger partial charge in [-0.2, -0.15) is 0 Å². The molecular weight excluding hydrogens is 238 g/mol. The number of ether oxygens (including phenoxy) is 1. The van der Waals surface area contributed by atoms with Crippen molar-refractivity contribution < 1.29 is 9.84 Å². The maximum Gasteiger partial charge on any atom is 0.122 e. The molecule has 3 nitrogen and oxygen atoms in total. The van der Waals surface area contributed by atoms with Crippen LogP contribution in [0.3, 0.4) is 0 Å². The highest BCUT2D eigenvalue weighted by Crippen LogP contribution is 2.16. The molecule has 19 heavy (non-hydrogen) atoms. The standard InChI is InChI=1S/C16H27NO2/c1-4-5-9-14(3)17-11-15(18)12-19-16-10-7-6-8-13(16)2/h6-8,10,14-15,17-18H,4-5,9,11-12H2,1-3H3. The van der Waals surface area contributed by atoms with Crippen molar-refractivity contribution >= 4 is 0 Å². The van der Waals surface area contributed by atoms with E-state index >= 15 is 0 Å². The van der Waals surface area contributed by atoms with Crippen LogP contribution in [0.25, 0.3) is 0 Å². The quantitative estimate of drug-likeness (QED) is 0.721. The summed E-state index contributed by atoms with van der Waals surface area (Å²) in [7, 11) is 0. The summed E-state index contributed by atoms with van der Waals surface area (Å²) in [5, 5.41) is 13.2. The Kier molecular flexibility index (Phi) is 7.53. The average molecular weight is 265 g/mol.